The first-order valence-corrected chi connectivity index (χ1v) is 8.53. The first-order valence-electron chi connectivity index (χ1n) is 5.85. The van der Waals surface area contributed by atoms with Crippen LogP contribution in [-0.4, -0.2) is 40.6 Å². The van der Waals surface area contributed by atoms with E-state index in [2.05, 4.69) is 20.3 Å². The maximum Gasteiger partial charge on any atom is 0.250 e. The number of nitrogens with zero attached hydrogens (tertiary/aromatic N) is 1. The van der Waals surface area contributed by atoms with Crippen LogP contribution in [0, 0.1) is 0 Å². The minimum Gasteiger partial charge on any atom is -0.356 e. The summed E-state index contributed by atoms with van der Waals surface area (Å²) in [6, 6.07) is 3.06. The smallest absolute Gasteiger partial charge is 0.250 e. The highest BCUT2D eigenvalue weighted by Gasteiger charge is 2.15. The van der Waals surface area contributed by atoms with Crippen molar-refractivity contribution in [3.63, 3.8) is 0 Å². The van der Waals surface area contributed by atoms with Gasteiger partial charge in [-0.3, -0.25) is 4.99 Å². The molecule has 0 aliphatic carbocycles. The van der Waals surface area contributed by atoms with E-state index in [1.54, 1.807) is 6.07 Å². The van der Waals surface area contributed by atoms with Crippen LogP contribution in [0.3, 0.4) is 0 Å². The number of sulfonamides is 1. The summed E-state index contributed by atoms with van der Waals surface area (Å²) in [5.41, 5.74) is 0. The quantitative estimate of drug-likeness (QED) is 0.466. The SMILES string of the molecule is I.O=S(=O)(NCCNC1=NCCCN1)c1ccc(Cl)s1. The number of thiophene rings is 1. The Hall–Kier alpha value is -0.100. The number of nitrogens with one attached hydrogen (secondary N) is 3. The second kappa shape index (κ2) is 8.37. The van der Waals surface area contributed by atoms with Gasteiger partial charge in [-0.25, -0.2) is 13.1 Å². The third-order valence-electron chi connectivity index (χ3n) is 2.42. The zero-order valence-corrected chi connectivity index (χ0v) is 15.3. The highest BCUT2D eigenvalue weighted by Crippen LogP contribution is 2.24. The Morgan fingerprint density at radius 3 is 2.80 bits per heavy atom. The summed E-state index contributed by atoms with van der Waals surface area (Å²) < 4.78 is 26.9. The molecule has 1 aromatic rings. The van der Waals surface area contributed by atoms with E-state index in [9.17, 15) is 8.42 Å². The summed E-state index contributed by atoms with van der Waals surface area (Å²) >= 11 is 6.76. The third-order valence-corrected chi connectivity index (χ3v) is 5.60. The molecule has 2 rings (SSSR count). The molecule has 0 atom stereocenters. The molecular weight excluding hydrogens is 435 g/mol. The lowest BCUT2D eigenvalue weighted by atomic mass is 10.4. The Labute approximate surface area is 144 Å². The highest BCUT2D eigenvalue weighted by atomic mass is 127. The first kappa shape index (κ1) is 18.0. The van der Waals surface area contributed by atoms with Crippen molar-refractivity contribution in [2.24, 2.45) is 4.99 Å². The van der Waals surface area contributed by atoms with Gasteiger partial charge in [0.25, 0.3) is 0 Å². The molecule has 1 aliphatic rings. The minimum absolute atomic E-state index is 0. The molecule has 0 bridgehead atoms. The molecule has 1 aromatic heterocycles. The van der Waals surface area contributed by atoms with E-state index in [-0.39, 0.29) is 28.2 Å². The van der Waals surface area contributed by atoms with Gasteiger partial charge in [-0.05, 0) is 18.6 Å². The van der Waals surface area contributed by atoms with Gasteiger partial charge < -0.3 is 10.6 Å². The van der Waals surface area contributed by atoms with Crippen molar-refractivity contribution >= 4 is 62.9 Å². The standard InChI is InChI=1S/C10H15ClN4O2S2.HI/c11-8-2-3-9(18-8)19(16,17)15-7-6-14-10-12-4-1-5-13-10;/h2-3,15H,1,4-7H2,(H2,12,13,14);1H. The Kier molecular flexibility index (Phi) is 7.51. The predicted octanol–water partition coefficient (Wildman–Crippen LogP) is 1.24. The molecule has 0 fully saturated rings. The number of hydrogen-bond donors (Lipinski definition) is 3. The van der Waals surface area contributed by atoms with Gasteiger partial charge in [0.15, 0.2) is 5.96 Å². The van der Waals surface area contributed by atoms with Gasteiger partial charge in [-0.15, -0.1) is 35.3 Å². The topological polar surface area (TPSA) is 82.6 Å². The van der Waals surface area contributed by atoms with Crippen molar-refractivity contribution in [3.8, 4) is 0 Å². The fourth-order valence-electron chi connectivity index (χ4n) is 1.53. The van der Waals surface area contributed by atoms with Crippen LogP contribution in [-0.2, 0) is 10.0 Å². The van der Waals surface area contributed by atoms with E-state index in [4.69, 9.17) is 11.6 Å². The van der Waals surface area contributed by atoms with Crippen LogP contribution in [0.4, 0.5) is 0 Å². The number of aliphatic imine (C=N–C) groups is 1. The van der Waals surface area contributed by atoms with E-state index < -0.39 is 10.0 Å². The Bertz CT molecular complexity index is 561. The van der Waals surface area contributed by atoms with Crippen molar-refractivity contribution in [1.29, 1.82) is 0 Å². The zero-order valence-electron chi connectivity index (χ0n) is 10.6. The van der Waals surface area contributed by atoms with Crippen LogP contribution in [0.15, 0.2) is 21.3 Å². The monoisotopic (exact) mass is 450 g/mol. The molecule has 3 N–H and O–H groups in total. The summed E-state index contributed by atoms with van der Waals surface area (Å²) in [6.07, 6.45) is 1.02. The van der Waals surface area contributed by atoms with Gasteiger partial charge in [0.05, 0.1) is 4.34 Å². The summed E-state index contributed by atoms with van der Waals surface area (Å²) in [7, 11) is -3.46. The van der Waals surface area contributed by atoms with E-state index in [1.807, 2.05) is 0 Å². The summed E-state index contributed by atoms with van der Waals surface area (Å²) in [4.78, 5) is 4.23. The molecule has 2 heterocycles. The van der Waals surface area contributed by atoms with Crippen LogP contribution in [0.2, 0.25) is 4.34 Å². The van der Waals surface area contributed by atoms with Crippen LogP contribution in [0.1, 0.15) is 6.42 Å². The Morgan fingerprint density at radius 2 is 2.20 bits per heavy atom. The lowest BCUT2D eigenvalue weighted by molar-refractivity contribution is 0.582. The zero-order chi connectivity index (χ0) is 13.7. The number of guanidine groups is 1. The lowest BCUT2D eigenvalue weighted by Crippen LogP contribution is -2.43. The molecule has 0 unspecified atom stereocenters. The van der Waals surface area contributed by atoms with Crippen LogP contribution < -0.4 is 15.4 Å². The molecule has 20 heavy (non-hydrogen) atoms. The molecule has 114 valence electrons. The lowest BCUT2D eigenvalue weighted by Gasteiger charge is -2.15. The van der Waals surface area contributed by atoms with Crippen molar-refractivity contribution in [3.05, 3.63) is 16.5 Å². The van der Waals surface area contributed by atoms with Gasteiger partial charge in [0.1, 0.15) is 4.21 Å². The maximum atomic E-state index is 11.9. The molecule has 10 heteroatoms. The van der Waals surface area contributed by atoms with Crippen LogP contribution in [0.5, 0.6) is 0 Å². The highest BCUT2D eigenvalue weighted by molar-refractivity contribution is 14.0. The molecule has 1 aliphatic heterocycles. The van der Waals surface area contributed by atoms with Crippen LogP contribution in [0.25, 0.3) is 0 Å². The average molecular weight is 451 g/mol. The third kappa shape index (κ3) is 5.35. The van der Waals surface area contributed by atoms with Crippen molar-refractivity contribution in [1.82, 2.24) is 15.4 Å². The van der Waals surface area contributed by atoms with Crippen molar-refractivity contribution in [2.75, 3.05) is 26.2 Å². The molecule has 0 saturated heterocycles. The molecule has 0 amide bonds. The molecule has 0 saturated carbocycles. The molecule has 0 radical (unpaired) electrons. The Morgan fingerprint density at radius 1 is 1.40 bits per heavy atom. The minimum atomic E-state index is -3.46. The van der Waals surface area contributed by atoms with Gasteiger partial charge in [-0.2, -0.15) is 0 Å². The largest absolute Gasteiger partial charge is 0.356 e. The number of rotatable bonds is 5. The van der Waals surface area contributed by atoms with Crippen molar-refractivity contribution < 1.29 is 8.42 Å². The molecule has 6 nitrogen and oxygen atoms in total. The summed E-state index contributed by atoms with van der Waals surface area (Å²) in [5, 5.41) is 6.14. The van der Waals surface area contributed by atoms with Gasteiger partial charge >= 0.3 is 0 Å². The number of hydrogen-bond acceptors (Lipinski definition) is 6. The van der Waals surface area contributed by atoms with E-state index in [0.717, 1.165) is 36.8 Å². The number of halogens is 2. The second-order valence-electron chi connectivity index (χ2n) is 3.89. The fraction of sp³-hybridized carbons (Fsp3) is 0.500. The fourth-order valence-corrected chi connectivity index (χ4v) is 4.09. The molecule has 0 spiro atoms. The van der Waals surface area contributed by atoms with E-state index in [1.165, 1.54) is 6.07 Å². The normalized spacial score (nSPS) is 14.9. The first-order chi connectivity index (χ1) is 9.08. The molecular formula is C10H16ClIN4O2S2. The van der Waals surface area contributed by atoms with Gasteiger partial charge in [0, 0.05) is 26.2 Å². The second-order valence-corrected chi connectivity index (χ2v) is 7.60. The van der Waals surface area contributed by atoms with Gasteiger partial charge in [-0.1, -0.05) is 11.6 Å². The average Bonchev–Trinajstić information content (AvgIpc) is 2.84. The van der Waals surface area contributed by atoms with E-state index in [0.29, 0.717) is 17.4 Å². The molecule has 0 aromatic carbocycles. The summed E-state index contributed by atoms with van der Waals surface area (Å²) in [6.45, 7) is 2.46. The van der Waals surface area contributed by atoms with Crippen molar-refractivity contribution in [2.45, 2.75) is 10.6 Å². The summed E-state index contributed by atoms with van der Waals surface area (Å²) in [5.74, 6) is 0.726. The predicted molar refractivity (Wildman–Crippen MR) is 92.9 cm³/mol. The maximum absolute atomic E-state index is 11.9. The van der Waals surface area contributed by atoms with Crippen LogP contribution >= 0.6 is 46.9 Å². The van der Waals surface area contributed by atoms with Gasteiger partial charge in [0.2, 0.25) is 10.0 Å². The van der Waals surface area contributed by atoms with E-state index >= 15 is 0 Å². The Balaban J connectivity index is 0.00000200.